The fraction of sp³-hybridized carbons (Fsp3) is 0.190. The molecule has 6 rings (SSSR count). The van der Waals surface area contributed by atoms with E-state index >= 15 is 0 Å². The SMILES string of the molecule is CC(C)(C)C1=C/C(=C(/N=N/c2ccccc2Cl)c2ccc(-c3ccc(C(/N=N/c4ccccc4Cl)=C4/C=CC(=O)C(C(C)(C)C)=C4)s3)s2)C=CC1=O. The summed E-state index contributed by atoms with van der Waals surface area (Å²) in [6, 6.07) is 22.7. The van der Waals surface area contributed by atoms with Crippen LogP contribution < -0.4 is 0 Å². The van der Waals surface area contributed by atoms with Crippen molar-refractivity contribution in [2.24, 2.45) is 31.3 Å². The lowest BCUT2D eigenvalue weighted by atomic mass is 9.80. The highest BCUT2D eigenvalue weighted by Gasteiger charge is 2.27. The van der Waals surface area contributed by atoms with Crippen LogP contribution in [0.15, 0.2) is 152 Å². The van der Waals surface area contributed by atoms with Crippen LogP contribution >= 0.6 is 45.9 Å². The van der Waals surface area contributed by atoms with Crippen molar-refractivity contribution >= 4 is 80.2 Å². The first-order chi connectivity index (χ1) is 24.7. The molecule has 2 aromatic carbocycles. The van der Waals surface area contributed by atoms with Crippen molar-refractivity contribution in [2.45, 2.75) is 41.5 Å². The molecule has 6 nitrogen and oxygen atoms in total. The Balaban J connectivity index is 1.44. The topological polar surface area (TPSA) is 83.6 Å². The van der Waals surface area contributed by atoms with Crippen molar-refractivity contribution in [1.82, 2.24) is 0 Å². The number of benzene rings is 2. The zero-order chi connectivity index (χ0) is 37.2. The summed E-state index contributed by atoms with van der Waals surface area (Å²) in [4.78, 5) is 29.5. The molecule has 2 aliphatic carbocycles. The van der Waals surface area contributed by atoms with Gasteiger partial charge in [-0.1, -0.05) is 89.0 Å². The summed E-state index contributed by atoms with van der Waals surface area (Å²) < 4.78 is 0. The average molecular weight is 764 g/mol. The van der Waals surface area contributed by atoms with Crippen LogP contribution in [0, 0.1) is 10.8 Å². The van der Waals surface area contributed by atoms with Gasteiger partial charge in [0, 0.05) is 32.0 Å². The van der Waals surface area contributed by atoms with Gasteiger partial charge in [-0.25, -0.2) is 0 Å². The molecule has 52 heavy (non-hydrogen) atoms. The number of nitrogens with zero attached hydrogens (tertiary/aromatic N) is 4. The lowest BCUT2D eigenvalue weighted by molar-refractivity contribution is -0.113. The van der Waals surface area contributed by atoms with Crippen LogP contribution in [-0.2, 0) is 9.59 Å². The molecule has 10 heteroatoms. The second-order valence-corrected chi connectivity index (χ2v) is 17.2. The lowest BCUT2D eigenvalue weighted by Crippen LogP contribution is -2.18. The van der Waals surface area contributed by atoms with Crippen LogP contribution in [0.25, 0.3) is 21.1 Å². The summed E-state index contributed by atoms with van der Waals surface area (Å²) in [5.41, 5.74) is 4.61. The number of thiophene rings is 2. The maximum atomic E-state index is 12.9. The van der Waals surface area contributed by atoms with E-state index in [9.17, 15) is 9.59 Å². The van der Waals surface area contributed by atoms with Crippen LogP contribution in [0.1, 0.15) is 51.3 Å². The Morgan fingerprint density at radius 1 is 0.538 bits per heavy atom. The molecule has 0 N–H and O–H groups in total. The van der Waals surface area contributed by atoms with Crippen LogP contribution in [0.3, 0.4) is 0 Å². The number of carbonyl (C=O) groups is 2. The summed E-state index contributed by atoms with van der Waals surface area (Å²) in [5, 5.41) is 19.5. The van der Waals surface area contributed by atoms with E-state index in [1.54, 1.807) is 59.1 Å². The number of ketones is 2. The monoisotopic (exact) mass is 762 g/mol. The highest BCUT2D eigenvalue weighted by molar-refractivity contribution is 7.23. The van der Waals surface area contributed by atoms with Gasteiger partial charge >= 0.3 is 0 Å². The number of hydrogen-bond acceptors (Lipinski definition) is 8. The van der Waals surface area contributed by atoms with Crippen LogP contribution in [0.2, 0.25) is 10.0 Å². The van der Waals surface area contributed by atoms with Gasteiger partial charge in [0.25, 0.3) is 0 Å². The number of allylic oxidation sites excluding steroid dienone is 10. The number of rotatable bonds is 7. The molecule has 2 aliphatic rings. The standard InChI is InChI=1S/C42H36Cl2N4O2S2/c1-41(2,3)27-23-25(15-17-33(27)49)39(47-45-31-13-9-7-11-29(31)43)37-21-19-35(51-37)36-20-22-38(52-36)40(48-46-32-14-10-8-12-30(32)44)26-16-18-34(50)28(24-26)42(4,5)6/h7-24H,1-6H3/b39-25+,40-26+,47-45+,48-46+. The van der Waals surface area contributed by atoms with Gasteiger partial charge < -0.3 is 0 Å². The first-order valence-corrected chi connectivity index (χ1v) is 19.0. The van der Waals surface area contributed by atoms with Gasteiger partial charge in [0.2, 0.25) is 0 Å². The summed E-state index contributed by atoms with van der Waals surface area (Å²) in [7, 11) is 0. The largest absolute Gasteiger partial charge is 0.290 e. The molecule has 0 atom stereocenters. The van der Waals surface area contributed by atoms with Crippen molar-refractivity contribution < 1.29 is 9.59 Å². The Bertz CT molecular complexity index is 2170. The molecule has 262 valence electrons. The maximum Gasteiger partial charge on any atom is 0.182 e. The fourth-order valence-electron chi connectivity index (χ4n) is 5.49. The second kappa shape index (κ2) is 15.2. The van der Waals surface area contributed by atoms with E-state index in [0.717, 1.165) is 30.7 Å². The second-order valence-electron chi connectivity index (χ2n) is 14.2. The molecule has 0 bridgehead atoms. The van der Waals surface area contributed by atoms with E-state index in [2.05, 4.69) is 22.4 Å². The van der Waals surface area contributed by atoms with Gasteiger partial charge in [-0.3, -0.25) is 9.59 Å². The van der Waals surface area contributed by atoms with Crippen LogP contribution in [0.5, 0.6) is 0 Å². The van der Waals surface area contributed by atoms with E-state index in [-0.39, 0.29) is 22.4 Å². The van der Waals surface area contributed by atoms with E-state index in [1.165, 1.54) is 0 Å². The number of halogens is 2. The zero-order valence-corrected chi connectivity index (χ0v) is 32.7. The Labute approximate surface area is 322 Å². The normalized spacial score (nSPS) is 17.3. The van der Waals surface area contributed by atoms with Crippen LogP contribution in [0.4, 0.5) is 11.4 Å². The third kappa shape index (κ3) is 8.37. The molecule has 0 unspecified atom stereocenters. The smallest absolute Gasteiger partial charge is 0.182 e. The van der Waals surface area contributed by atoms with Crippen molar-refractivity contribution in [2.75, 3.05) is 0 Å². The third-order valence-electron chi connectivity index (χ3n) is 8.26. The van der Waals surface area contributed by atoms with Crippen molar-refractivity contribution in [1.29, 1.82) is 0 Å². The predicted octanol–water partition coefficient (Wildman–Crippen LogP) is 14.0. The zero-order valence-electron chi connectivity index (χ0n) is 29.6. The Morgan fingerprint density at radius 2 is 0.923 bits per heavy atom. The Morgan fingerprint density at radius 3 is 1.29 bits per heavy atom. The Hall–Kier alpha value is -4.60. The first-order valence-electron chi connectivity index (χ1n) is 16.6. The number of carbonyl (C=O) groups excluding carboxylic acids is 2. The molecule has 0 spiro atoms. The molecule has 0 fully saturated rings. The highest BCUT2D eigenvalue weighted by atomic mass is 35.5. The minimum atomic E-state index is -0.356. The van der Waals surface area contributed by atoms with Crippen molar-refractivity contribution in [3.63, 3.8) is 0 Å². The van der Waals surface area contributed by atoms with E-state index in [1.807, 2.05) is 102 Å². The summed E-state index contributed by atoms with van der Waals surface area (Å²) in [6.45, 7) is 12.1. The summed E-state index contributed by atoms with van der Waals surface area (Å²) in [6.07, 6.45) is 10.6. The molecule has 0 aliphatic heterocycles. The van der Waals surface area contributed by atoms with E-state index < -0.39 is 0 Å². The maximum absolute atomic E-state index is 12.9. The number of hydrogen-bond donors (Lipinski definition) is 0. The molecule has 0 amide bonds. The van der Waals surface area contributed by atoms with Gasteiger partial charge in [0.1, 0.15) is 22.8 Å². The molecule has 2 heterocycles. The average Bonchev–Trinajstić information content (AvgIpc) is 3.78. The van der Waals surface area contributed by atoms with Gasteiger partial charge in [-0.15, -0.1) is 43.1 Å². The minimum absolute atomic E-state index is 0.0186. The third-order valence-corrected chi connectivity index (χ3v) is 11.3. The number of azo groups is 2. The minimum Gasteiger partial charge on any atom is -0.290 e. The van der Waals surface area contributed by atoms with Crippen LogP contribution in [-0.4, -0.2) is 11.6 Å². The molecule has 0 saturated carbocycles. The van der Waals surface area contributed by atoms with E-state index in [4.69, 9.17) is 33.4 Å². The molecule has 0 saturated heterocycles. The summed E-state index contributed by atoms with van der Waals surface area (Å²) >= 11 is 16.0. The van der Waals surface area contributed by atoms with Gasteiger partial charge in [0.05, 0.1) is 19.8 Å². The Kier molecular flexibility index (Phi) is 10.8. The van der Waals surface area contributed by atoms with Crippen molar-refractivity contribution in [3.8, 4) is 9.75 Å². The molecule has 2 aromatic heterocycles. The lowest BCUT2D eigenvalue weighted by Gasteiger charge is -2.23. The first kappa shape index (κ1) is 37.2. The van der Waals surface area contributed by atoms with Gasteiger partial charge in [0.15, 0.2) is 11.6 Å². The molecule has 0 radical (unpaired) electrons. The quantitative estimate of drug-likeness (QED) is 0.176. The van der Waals surface area contributed by atoms with Crippen molar-refractivity contribution in [3.05, 3.63) is 151 Å². The van der Waals surface area contributed by atoms with E-state index in [0.29, 0.717) is 44.0 Å². The highest BCUT2D eigenvalue weighted by Crippen LogP contribution is 2.43. The molecule has 4 aromatic rings. The molecular formula is C42H36Cl2N4O2S2. The molecular weight excluding hydrogens is 728 g/mol. The fourth-order valence-corrected chi connectivity index (χ4v) is 7.96. The van der Waals surface area contributed by atoms with Gasteiger partial charge in [-0.05, 0) is 95.8 Å². The van der Waals surface area contributed by atoms with Gasteiger partial charge in [-0.2, -0.15) is 0 Å². The predicted molar refractivity (Wildman–Crippen MR) is 217 cm³/mol. The summed E-state index contributed by atoms with van der Waals surface area (Å²) in [5.74, 6) is -0.0373.